The van der Waals surface area contributed by atoms with Crippen LogP contribution in [0.3, 0.4) is 0 Å². The number of nitriles is 1. The maximum Gasteiger partial charge on any atom is 0.416 e. The fraction of sp³-hybridized carbons (Fsp3) is 0.571. The molecule has 0 unspecified atom stereocenters. The van der Waals surface area contributed by atoms with Gasteiger partial charge in [0, 0.05) is 12.6 Å². The number of aliphatic hydroxyl groups is 1. The third-order valence-corrected chi connectivity index (χ3v) is 4.36. The summed E-state index contributed by atoms with van der Waals surface area (Å²) in [6.45, 7) is -2.94. The molecule has 0 radical (unpaired) electrons. The Morgan fingerprint density at radius 1 is 1.42 bits per heavy atom. The molecule has 2 aliphatic rings. The number of rotatable bonds is 4. The van der Waals surface area contributed by atoms with Crippen molar-refractivity contribution in [2.75, 3.05) is 11.4 Å². The zero-order chi connectivity index (χ0) is 17.6. The lowest BCUT2D eigenvalue weighted by Crippen LogP contribution is -2.49. The van der Waals surface area contributed by atoms with Crippen LogP contribution >= 0.6 is 0 Å². The number of halogens is 5. The average molecular weight is 349 g/mol. The van der Waals surface area contributed by atoms with E-state index in [0.29, 0.717) is 6.42 Å². The van der Waals surface area contributed by atoms with Gasteiger partial charge in [-0.2, -0.15) is 27.2 Å². The quantitative estimate of drug-likeness (QED) is 0.845. The van der Waals surface area contributed by atoms with Gasteiger partial charge in [0.05, 0.1) is 17.9 Å². The van der Waals surface area contributed by atoms with Crippen LogP contribution in [0.5, 0.6) is 5.75 Å². The van der Waals surface area contributed by atoms with Crippen molar-refractivity contribution in [1.82, 2.24) is 4.98 Å². The maximum atomic E-state index is 12.9. The Hall–Kier alpha value is -2.15. The van der Waals surface area contributed by atoms with E-state index in [-0.39, 0.29) is 24.1 Å². The molecule has 5 nitrogen and oxygen atoms in total. The zero-order valence-corrected chi connectivity index (χ0v) is 12.0. The van der Waals surface area contributed by atoms with Crippen LogP contribution in [-0.2, 0) is 0 Å². The monoisotopic (exact) mass is 349 g/mol. The number of aliphatic hydroxyl groups excluding tert-OH is 1. The van der Waals surface area contributed by atoms with E-state index in [2.05, 4.69) is 9.72 Å². The van der Waals surface area contributed by atoms with Crippen molar-refractivity contribution >= 4 is 5.69 Å². The number of pyridine rings is 1. The first-order valence-corrected chi connectivity index (χ1v) is 7.08. The summed E-state index contributed by atoms with van der Waals surface area (Å²) in [5.74, 6) is -0.801. The molecule has 4 atom stereocenters. The second kappa shape index (κ2) is 5.73. The van der Waals surface area contributed by atoms with Crippen LogP contribution in [0.1, 0.15) is 12.1 Å². The molecule has 2 heterocycles. The topological polar surface area (TPSA) is 69.4 Å². The number of nitrogens with zero attached hydrogens (tertiary/aromatic N) is 3. The molecule has 2 fully saturated rings. The summed E-state index contributed by atoms with van der Waals surface area (Å²) in [7, 11) is 0. The third kappa shape index (κ3) is 2.96. The van der Waals surface area contributed by atoms with E-state index < -0.39 is 36.4 Å². The fourth-order valence-corrected chi connectivity index (χ4v) is 3.24. The highest BCUT2D eigenvalue weighted by Gasteiger charge is 2.60. The van der Waals surface area contributed by atoms with Gasteiger partial charge in [0.25, 0.3) is 0 Å². The second-order valence-corrected chi connectivity index (χ2v) is 5.82. The first-order chi connectivity index (χ1) is 11.2. The molecule has 1 saturated carbocycles. The summed E-state index contributed by atoms with van der Waals surface area (Å²) in [5, 5.41) is 18.5. The van der Waals surface area contributed by atoms with E-state index in [4.69, 9.17) is 5.26 Å². The standard InChI is InChI=1S/C14H12F5N3O2/c15-13(16)24-10-2-7(4-21-9(10)3-20)22-5-6-1-8(6)11(22)12(23)14(17,18)19/h2,4,6,8,11-13,23H,1,5H2/t6-,8-,11-,12-/m1/s1. The van der Waals surface area contributed by atoms with Gasteiger partial charge in [-0.3, -0.25) is 0 Å². The summed E-state index contributed by atoms with van der Waals surface area (Å²) in [4.78, 5) is 4.96. The molecule has 1 aromatic heterocycles. The van der Waals surface area contributed by atoms with Crippen LogP contribution in [0, 0.1) is 23.2 Å². The molecule has 1 aliphatic heterocycles. The van der Waals surface area contributed by atoms with Crippen molar-refractivity contribution in [1.29, 1.82) is 5.26 Å². The molecule has 3 rings (SSSR count). The van der Waals surface area contributed by atoms with Crippen molar-refractivity contribution < 1.29 is 31.8 Å². The Morgan fingerprint density at radius 2 is 2.12 bits per heavy atom. The molecule has 1 aliphatic carbocycles. The van der Waals surface area contributed by atoms with Crippen LogP contribution in [0.15, 0.2) is 12.3 Å². The number of aromatic nitrogens is 1. The van der Waals surface area contributed by atoms with E-state index >= 15 is 0 Å². The molecule has 0 spiro atoms. The Morgan fingerprint density at radius 3 is 2.71 bits per heavy atom. The summed E-state index contributed by atoms with van der Waals surface area (Å²) >= 11 is 0. The van der Waals surface area contributed by atoms with Crippen LogP contribution < -0.4 is 9.64 Å². The second-order valence-electron chi connectivity index (χ2n) is 5.82. The van der Waals surface area contributed by atoms with E-state index in [1.165, 1.54) is 4.90 Å². The number of hydrogen-bond acceptors (Lipinski definition) is 5. The summed E-state index contributed by atoms with van der Waals surface area (Å²) < 4.78 is 67.7. The van der Waals surface area contributed by atoms with Gasteiger partial charge in [0.1, 0.15) is 6.07 Å². The minimum Gasteiger partial charge on any atom is -0.432 e. The molecule has 1 aromatic rings. The van der Waals surface area contributed by atoms with Gasteiger partial charge >= 0.3 is 12.8 Å². The smallest absolute Gasteiger partial charge is 0.416 e. The normalized spacial score (nSPS) is 26.9. The molecular weight excluding hydrogens is 337 g/mol. The van der Waals surface area contributed by atoms with Crippen molar-refractivity contribution in [2.24, 2.45) is 11.8 Å². The molecule has 0 bridgehead atoms. The summed E-state index contributed by atoms with van der Waals surface area (Å²) in [6.07, 6.45) is -5.64. The molecule has 0 aromatic carbocycles. The molecule has 1 N–H and O–H groups in total. The van der Waals surface area contributed by atoms with E-state index in [1.807, 2.05) is 0 Å². The highest BCUT2D eigenvalue weighted by Crippen LogP contribution is 2.53. The van der Waals surface area contributed by atoms with E-state index in [9.17, 15) is 27.1 Å². The highest BCUT2D eigenvalue weighted by molar-refractivity contribution is 5.55. The van der Waals surface area contributed by atoms with Gasteiger partial charge in [-0.05, 0) is 18.3 Å². The molecule has 1 saturated heterocycles. The molecular formula is C14H12F5N3O2. The van der Waals surface area contributed by atoms with Crippen LogP contribution in [0.25, 0.3) is 0 Å². The number of alkyl halides is 5. The number of hydrogen-bond donors (Lipinski definition) is 1. The lowest BCUT2D eigenvalue weighted by molar-refractivity contribution is -0.210. The van der Waals surface area contributed by atoms with Crippen molar-refractivity contribution in [2.45, 2.75) is 31.4 Å². The number of anilines is 1. The van der Waals surface area contributed by atoms with Gasteiger partial charge in [-0.1, -0.05) is 0 Å². The fourth-order valence-electron chi connectivity index (χ4n) is 3.24. The average Bonchev–Trinajstić information content (AvgIpc) is 3.16. The number of ether oxygens (including phenoxy) is 1. The number of fused-ring (bicyclic) bond motifs is 1. The van der Waals surface area contributed by atoms with E-state index in [1.54, 1.807) is 6.07 Å². The minimum absolute atomic E-state index is 0.0158. The number of piperidine rings is 1. The Bertz CT molecular complexity index is 675. The third-order valence-electron chi connectivity index (χ3n) is 4.36. The van der Waals surface area contributed by atoms with Gasteiger partial charge < -0.3 is 14.7 Å². The molecule has 0 amide bonds. The van der Waals surface area contributed by atoms with Gasteiger partial charge in [-0.25, -0.2) is 4.98 Å². The molecule has 24 heavy (non-hydrogen) atoms. The minimum atomic E-state index is -4.79. The Balaban J connectivity index is 1.92. The Labute approximate surface area is 133 Å². The largest absolute Gasteiger partial charge is 0.432 e. The van der Waals surface area contributed by atoms with Crippen molar-refractivity contribution in [3.8, 4) is 11.8 Å². The predicted octanol–water partition coefficient (Wildman–Crippen LogP) is 2.30. The predicted molar refractivity (Wildman–Crippen MR) is 70.4 cm³/mol. The van der Waals surface area contributed by atoms with Crippen LogP contribution in [-0.4, -0.2) is 41.6 Å². The maximum absolute atomic E-state index is 12.9. The van der Waals surface area contributed by atoms with Gasteiger partial charge in [0.15, 0.2) is 17.5 Å². The first-order valence-electron chi connectivity index (χ1n) is 7.08. The highest BCUT2D eigenvalue weighted by atomic mass is 19.4. The molecule has 10 heteroatoms. The van der Waals surface area contributed by atoms with Crippen molar-refractivity contribution in [3.63, 3.8) is 0 Å². The summed E-state index contributed by atoms with van der Waals surface area (Å²) in [5.41, 5.74) is -0.290. The molecule has 130 valence electrons. The van der Waals surface area contributed by atoms with E-state index in [0.717, 1.165) is 12.3 Å². The summed E-state index contributed by atoms with van der Waals surface area (Å²) in [6, 6.07) is 1.43. The van der Waals surface area contributed by atoms with Gasteiger partial charge in [-0.15, -0.1) is 0 Å². The van der Waals surface area contributed by atoms with Crippen molar-refractivity contribution in [3.05, 3.63) is 18.0 Å². The lowest BCUT2D eigenvalue weighted by Gasteiger charge is -2.33. The Kier molecular flexibility index (Phi) is 3.99. The van der Waals surface area contributed by atoms with Crippen LogP contribution in [0.2, 0.25) is 0 Å². The lowest BCUT2D eigenvalue weighted by atomic mass is 10.1. The van der Waals surface area contributed by atoms with Crippen LogP contribution in [0.4, 0.5) is 27.6 Å². The zero-order valence-electron chi connectivity index (χ0n) is 12.0. The SMILES string of the molecule is N#Cc1ncc(N2C[C@H]3C[C@H]3[C@@H]2[C@@H](O)C(F)(F)F)cc1OC(F)F. The van der Waals surface area contributed by atoms with Gasteiger partial charge in [0.2, 0.25) is 0 Å². The first kappa shape index (κ1) is 16.7.